The second-order valence-corrected chi connectivity index (χ2v) is 8.45. The molecule has 0 fully saturated rings. The zero-order chi connectivity index (χ0) is 23.2. The third-order valence-corrected chi connectivity index (χ3v) is 5.17. The van der Waals surface area contributed by atoms with Crippen molar-refractivity contribution in [3.05, 3.63) is 42.5 Å². The highest BCUT2D eigenvalue weighted by Gasteiger charge is 2.19. The molecule has 8 heteroatoms. The quantitative estimate of drug-likeness (QED) is 0.426. The van der Waals surface area contributed by atoms with Crippen molar-refractivity contribution in [2.45, 2.75) is 46.5 Å². The minimum absolute atomic E-state index is 0.0300. The molecule has 1 aromatic heterocycles. The summed E-state index contributed by atoms with van der Waals surface area (Å²) in [5.74, 6) is 2.39. The fourth-order valence-corrected chi connectivity index (χ4v) is 3.44. The summed E-state index contributed by atoms with van der Waals surface area (Å²) in [5.41, 5.74) is 2.39. The van der Waals surface area contributed by atoms with Gasteiger partial charge in [0.1, 0.15) is 0 Å². The summed E-state index contributed by atoms with van der Waals surface area (Å²) in [6.45, 7) is 7.00. The predicted molar refractivity (Wildman–Crippen MR) is 126 cm³/mol. The van der Waals surface area contributed by atoms with Gasteiger partial charge in [-0.2, -0.15) is 4.98 Å². The molecule has 1 N–H and O–H groups in total. The number of aromatic nitrogens is 3. The maximum atomic E-state index is 12.1. The van der Waals surface area contributed by atoms with E-state index in [2.05, 4.69) is 36.2 Å². The number of anilines is 1. The molecule has 4 rings (SSSR count). The van der Waals surface area contributed by atoms with Crippen LogP contribution in [0.2, 0.25) is 0 Å². The van der Waals surface area contributed by atoms with Crippen LogP contribution in [-0.2, 0) is 4.79 Å². The standard InChI is InChI=1S/C25H30N4O4/c1-4-5-6-7-23(30)26-19-9-11-20(12-10-19)29-24(27-25(28-29)31-15-17(2)3)18-8-13-21-22(14-18)33-16-32-21/h8-14,17H,4-7,15-16H2,1-3H3,(H,26,30). The lowest BCUT2D eigenvalue weighted by molar-refractivity contribution is -0.116. The van der Waals surface area contributed by atoms with Gasteiger partial charge in [0.05, 0.1) is 12.3 Å². The average molecular weight is 451 g/mol. The number of nitrogens with one attached hydrogen (secondary N) is 1. The van der Waals surface area contributed by atoms with Crippen LogP contribution in [0.25, 0.3) is 17.1 Å². The van der Waals surface area contributed by atoms with Crippen molar-refractivity contribution >= 4 is 11.6 Å². The fraction of sp³-hybridized carbons (Fsp3) is 0.400. The van der Waals surface area contributed by atoms with E-state index in [-0.39, 0.29) is 12.7 Å². The van der Waals surface area contributed by atoms with Crippen molar-refractivity contribution in [2.75, 3.05) is 18.7 Å². The van der Waals surface area contributed by atoms with Gasteiger partial charge in [0.25, 0.3) is 0 Å². The lowest BCUT2D eigenvalue weighted by atomic mass is 10.2. The number of carbonyl (C=O) groups excluding carboxylic acids is 1. The van der Waals surface area contributed by atoms with Gasteiger partial charge in [-0.25, -0.2) is 4.68 Å². The molecule has 2 aromatic carbocycles. The number of hydrogen-bond donors (Lipinski definition) is 1. The van der Waals surface area contributed by atoms with Gasteiger partial charge in [-0.3, -0.25) is 4.79 Å². The fourth-order valence-electron chi connectivity index (χ4n) is 3.44. The number of hydrogen-bond acceptors (Lipinski definition) is 6. The average Bonchev–Trinajstić information content (AvgIpc) is 3.45. The Morgan fingerprint density at radius 3 is 2.67 bits per heavy atom. The van der Waals surface area contributed by atoms with Gasteiger partial charge in [-0.1, -0.05) is 33.6 Å². The Bertz CT molecular complexity index is 1090. The molecule has 0 unspecified atom stereocenters. The Morgan fingerprint density at radius 2 is 1.91 bits per heavy atom. The normalized spacial score (nSPS) is 12.2. The molecular formula is C25H30N4O4. The van der Waals surface area contributed by atoms with Crippen molar-refractivity contribution in [2.24, 2.45) is 5.92 Å². The first kappa shape index (κ1) is 22.6. The van der Waals surface area contributed by atoms with E-state index >= 15 is 0 Å². The number of amides is 1. The highest BCUT2D eigenvalue weighted by atomic mass is 16.7. The Balaban J connectivity index is 1.58. The van der Waals surface area contributed by atoms with Crippen molar-refractivity contribution < 1.29 is 19.0 Å². The minimum Gasteiger partial charge on any atom is -0.462 e. The predicted octanol–water partition coefficient (Wildman–Crippen LogP) is 5.22. The summed E-state index contributed by atoms with van der Waals surface area (Å²) in [7, 11) is 0. The van der Waals surface area contributed by atoms with Crippen molar-refractivity contribution in [1.82, 2.24) is 14.8 Å². The molecule has 174 valence electrons. The molecule has 33 heavy (non-hydrogen) atoms. The van der Waals surface area contributed by atoms with Crippen molar-refractivity contribution in [1.29, 1.82) is 0 Å². The number of rotatable bonds is 10. The highest BCUT2D eigenvalue weighted by Crippen LogP contribution is 2.36. The number of fused-ring (bicyclic) bond motifs is 1. The van der Waals surface area contributed by atoms with Crippen LogP contribution in [0.15, 0.2) is 42.5 Å². The van der Waals surface area contributed by atoms with E-state index in [0.717, 1.165) is 36.2 Å². The zero-order valence-corrected chi connectivity index (χ0v) is 19.3. The van der Waals surface area contributed by atoms with Crippen LogP contribution in [0.5, 0.6) is 17.5 Å². The topological polar surface area (TPSA) is 87.5 Å². The molecule has 1 aliphatic heterocycles. The molecule has 0 saturated heterocycles. The third kappa shape index (κ3) is 5.63. The van der Waals surface area contributed by atoms with Crippen molar-refractivity contribution in [3.63, 3.8) is 0 Å². The molecule has 0 radical (unpaired) electrons. The van der Waals surface area contributed by atoms with E-state index in [4.69, 9.17) is 14.2 Å². The summed E-state index contributed by atoms with van der Waals surface area (Å²) in [5, 5.41) is 7.54. The molecule has 3 aromatic rings. The Labute approximate surface area is 193 Å². The molecule has 1 aliphatic rings. The zero-order valence-electron chi connectivity index (χ0n) is 19.3. The van der Waals surface area contributed by atoms with Crippen LogP contribution in [0, 0.1) is 5.92 Å². The highest BCUT2D eigenvalue weighted by molar-refractivity contribution is 5.90. The molecule has 0 bridgehead atoms. The second kappa shape index (κ2) is 10.4. The number of ether oxygens (including phenoxy) is 3. The maximum Gasteiger partial charge on any atom is 0.336 e. The summed E-state index contributed by atoms with van der Waals surface area (Å²) in [6, 6.07) is 13.5. The molecular weight excluding hydrogens is 420 g/mol. The van der Waals surface area contributed by atoms with Crippen LogP contribution >= 0.6 is 0 Å². The van der Waals surface area contributed by atoms with E-state index in [0.29, 0.717) is 42.3 Å². The van der Waals surface area contributed by atoms with Gasteiger partial charge in [0.15, 0.2) is 17.3 Å². The second-order valence-electron chi connectivity index (χ2n) is 8.45. The van der Waals surface area contributed by atoms with Gasteiger partial charge >= 0.3 is 6.01 Å². The third-order valence-electron chi connectivity index (χ3n) is 5.17. The number of nitrogens with zero attached hydrogens (tertiary/aromatic N) is 3. The molecule has 1 amide bonds. The first-order valence-electron chi connectivity index (χ1n) is 11.4. The van der Waals surface area contributed by atoms with E-state index in [1.807, 2.05) is 42.5 Å². The van der Waals surface area contributed by atoms with Gasteiger partial charge in [0.2, 0.25) is 12.7 Å². The minimum atomic E-state index is 0.0300. The van der Waals surface area contributed by atoms with E-state index in [1.54, 1.807) is 4.68 Å². The molecule has 0 spiro atoms. The number of carbonyl (C=O) groups is 1. The molecule has 8 nitrogen and oxygen atoms in total. The van der Waals surface area contributed by atoms with Crippen LogP contribution < -0.4 is 19.5 Å². The van der Waals surface area contributed by atoms with Crippen LogP contribution in [0.1, 0.15) is 46.5 Å². The molecule has 0 aliphatic carbocycles. The van der Waals surface area contributed by atoms with Gasteiger partial charge < -0.3 is 19.5 Å². The molecule has 0 atom stereocenters. The summed E-state index contributed by atoms with van der Waals surface area (Å²) >= 11 is 0. The Hall–Kier alpha value is -3.55. The first-order chi connectivity index (χ1) is 16.0. The first-order valence-corrected chi connectivity index (χ1v) is 11.4. The summed E-state index contributed by atoms with van der Waals surface area (Å²) in [4.78, 5) is 16.8. The largest absolute Gasteiger partial charge is 0.462 e. The van der Waals surface area contributed by atoms with Crippen LogP contribution in [0.4, 0.5) is 5.69 Å². The lowest BCUT2D eigenvalue weighted by Crippen LogP contribution is -2.11. The van der Waals surface area contributed by atoms with Gasteiger partial charge in [0, 0.05) is 17.7 Å². The monoisotopic (exact) mass is 450 g/mol. The smallest absolute Gasteiger partial charge is 0.336 e. The summed E-state index contributed by atoms with van der Waals surface area (Å²) < 4.78 is 18.5. The molecule has 2 heterocycles. The SMILES string of the molecule is CCCCCC(=O)Nc1ccc(-n2nc(OCC(C)C)nc2-c2ccc3c(c2)OCO3)cc1. The molecule has 0 saturated carbocycles. The lowest BCUT2D eigenvalue weighted by Gasteiger charge is -2.09. The van der Waals surface area contributed by atoms with Crippen LogP contribution in [-0.4, -0.2) is 34.1 Å². The van der Waals surface area contributed by atoms with E-state index < -0.39 is 0 Å². The Morgan fingerprint density at radius 1 is 1.12 bits per heavy atom. The van der Waals surface area contributed by atoms with Gasteiger partial charge in [-0.15, -0.1) is 5.10 Å². The van der Waals surface area contributed by atoms with Crippen LogP contribution in [0.3, 0.4) is 0 Å². The number of unbranched alkanes of at least 4 members (excludes halogenated alkanes) is 2. The van der Waals surface area contributed by atoms with E-state index in [1.165, 1.54) is 0 Å². The van der Waals surface area contributed by atoms with E-state index in [9.17, 15) is 4.79 Å². The van der Waals surface area contributed by atoms with Gasteiger partial charge in [-0.05, 0) is 54.8 Å². The Kier molecular flexibility index (Phi) is 7.12. The summed E-state index contributed by atoms with van der Waals surface area (Å²) in [6.07, 6.45) is 3.58. The maximum absolute atomic E-state index is 12.1. The van der Waals surface area contributed by atoms with Crippen molar-refractivity contribution in [3.8, 4) is 34.6 Å². The number of benzene rings is 2.